The van der Waals surface area contributed by atoms with Gasteiger partial charge in [-0.15, -0.1) is 10.2 Å². The predicted octanol–water partition coefficient (Wildman–Crippen LogP) is 2.24. The van der Waals surface area contributed by atoms with Crippen molar-refractivity contribution >= 4 is 0 Å². The van der Waals surface area contributed by atoms with Crippen molar-refractivity contribution in [2.45, 2.75) is 31.8 Å². The first-order chi connectivity index (χ1) is 13.1. The van der Waals surface area contributed by atoms with Crippen LogP contribution >= 0.6 is 0 Å². The number of aromatic amines is 1. The number of furan rings is 1. The van der Waals surface area contributed by atoms with Gasteiger partial charge in [-0.2, -0.15) is 5.10 Å². The lowest BCUT2D eigenvalue weighted by molar-refractivity contribution is 0.187. The molecule has 0 spiro atoms. The maximum absolute atomic E-state index is 5.96. The van der Waals surface area contributed by atoms with Gasteiger partial charge in [-0.25, -0.2) is 0 Å². The highest BCUT2D eigenvalue weighted by Crippen LogP contribution is 2.28. The van der Waals surface area contributed by atoms with Gasteiger partial charge in [0.05, 0.1) is 13.1 Å². The van der Waals surface area contributed by atoms with Crippen LogP contribution in [0.5, 0.6) is 0 Å². The molecule has 0 atom stereocenters. The van der Waals surface area contributed by atoms with Crippen molar-refractivity contribution in [1.82, 2.24) is 34.8 Å². The maximum atomic E-state index is 5.96. The van der Waals surface area contributed by atoms with E-state index in [1.165, 1.54) is 0 Å². The van der Waals surface area contributed by atoms with Gasteiger partial charge in [0, 0.05) is 19.2 Å². The summed E-state index contributed by atoms with van der Waals surface area (Å²) in [6, 6.07) is 5.97. The van der Waals surface area contributed by atoms with Crippen LogP contribution < -0.4 is 0 Å². The molecule has 4 rings (SSSR count). The first kappa shape index (κ1) is 17.9. The van der Waals surface area contributed by atoms with Crippen LogP contribution in [0.1, 0.15) is 36.2 Å². The molecule has 3 aromatic rings. The summed E-state index contributed by atoms with van der Waals surface area (Å²) in [5.74, 6) is 4.45. The first-order valence-corrected chi connectivity index (χ1v) is 9.44. The lowest BCUT2D eigenvalue weighted by Crippen LogP contribution is -2.33. The molecule has 4 heterocycles. The number of likely N-dealkylation sites (tertiary alicyclic amines) is 1. The maximum Gasteiger partial charge on any atom is 0.152 e. The van der Waals surface area contributed by atoms with E-state index in [0.29, 0.717) is 5.92 Å². The number of nitrogens with zero attached hydrogens (tertiary/aromatic N) is 6. The summed E-state index contributed by atoms with van der Waals surface area (Å²) < 4.78 is 8.13. The molecule has 27 heavy (non-hydrogen) atoms. The minimum absolute atomic E-state index is 0.479. The molecule has 1 aliphatic rings. The Bertz CT molecular complexity index is 857. The van der Waals surface area contributed by atoms with E-state index in [1.807, 2.05) is 12.1 Å². The Morgan fingerprint density at radius 1 is 1.19 bits per heavy atom. The fraction of sp³-hybridized carbons (Fsp3) is 0.526. The third-order valence-electron chi connectivity index (χ3n) is 5.22. The van der Waals surface area contributed by atoms with E-state index in [4.69, 9.17) is 4.42 Å². The topological polar surface area (TPSA) is 79.0 Å². The number of hydrogen-bond acceptors (Lipinski definition) is 6. The fourth-order valence-corrected chi connectivity index (χ4v) is 3.72. The van der Waals surface area contributed by atoms with Crippen LogP contribution in [0.4, 0.5) is 0 Å². The van der Waals surface area contributed by atoms with E-state index >= 15 is 0 Å². The Labute approximate surface area is 159 Å². The summed E-state index contributed by atoms with van der Waals surface area (Å²) in [6.45, 7) is 3.74. The molecule has 0 aliphatic carbocycles. The van der Waals surface area contributed by atoms with Crippen LogP contribution in [-0.4, -0.2) is 61.9 Å². The normalized spacial score (nSPS) is 16.4. The highest BCUT2D eigenvalue weighted by molar-refractivity contribution is 5.51. The number of hydrogen-bond donors (Lipinski definition) is 1. The quantitative estimate of drug-likeness (QED) is 0.718. The molecule has 144 valence electrons. The third kappa shape index (κ3) is 3.96. The second-order valence-electron chi connectivity index (χ2n) is 7.56. The molecular weight excluding hydrogens is 342 g/mol. The van der Waals surface area contributed by atoms with Crippen LogP contribution in [0.3, 0.4) is 0 Å². The Balaban J connectivity index is 1.34. The average molecular weight is 369 g/mol. The second kappa shape index (κ2) is 7.66. The molecule has 1 aliphatic heterocycles. The minimum Gasteiger partial charge on any atom is -0.458 e. The summed E-state index contributed by atoms with van der Waals surface area (Å²) >= 11 is 0. The second-order valence-corrected chi connectivity index (χ2v) is 7.56. The molecular formula is C19H27N7O. The van der Waals surface area contributed by atoms with Crippen molar-refractivity contribution in [3.8, 4) is 11.5 Å². The van der Waals surface area contributed by atoms with Gasteiger partial charge < -0.3 is 13.9 Å². The van der Waals surface area contributed by atoms with Crippen molar-refractivity contribution in [1.29, 1.82) is 0 Å². The molecule has 0 unspecified atom stereocenters. The number of aromatic nitrogens is 5. The lowest BCUT2D eigenvalue weighted by Gasteiger charge is -2.30. The van der Waals surface area contributed by atoms with Gasteiger partial charge in [0.1, 0.15) is 23.1 Å². The predicted molar refractivity (Wildman–Crippen MR) is 102 cm³/mol. The zero-order chi connectivity index (χ0) is 18.8. The summed E-state index contributed by atoms with van der Waals surface area (Å²) in [5, 5.41) is 15.8. The molecule has 0 amide bonds. The zero-order valence-electron chi connectivity index (χ0n) is 16.2. The van der Waals surface area contributed by atoms with Gasteiger partial charge in [0.15, 0.2) is 5.76 Å². The van der Waals surface area contributed by atoms with Gasteiger partial charge in [-0.3, -0.25) is 10.00 Å². The van der Waals surface area contributed by atoms with Crippen molar-refractivity contribution in [2.24, 2.45) is 7.05 Å². The third-order valence-corrected chi connectivity index (χ3v) is 5.22. The molecule has 8 heteroatoms. The Morgan fingerprint density at radius 2 is 2.00 bits per heavy atom. The largest absolute Gasteiger partial charge is 0.458 e. The molecule has 1 fully saturated rings. The summed E-state index contributed by atoms with van der Waals surface area (Å²) in [7, 11) is 6.19. The number of rotatable bonds is 6. The zero-order valence-corrected chi connectivity index (χ0v) is 16.2. The molecule has 0 bridgehead atoms. The monoisotopic (exact) mass is 369 g/mol. The van der Waals surface area contributed by atoms with Crippen LogP contribution in [0.15, 0.2) is 28.8 Å². The summed E-state index contributed by atoms with van der Waals surface area (Å²) in [6.07, 6.45) is 3.93. The average Bonchev–Trinajstić information content (AvgIpc) is 3.38. The first-order valence-electron chi connectivity index (χ1n) is 9.44. The number of nitrogens with one attached hydrogen (secondary N) is 1. The van der Waals surface area contributed by atoms with E-state index in [-0.39, 0.29) is 0 Å². The summed E-state index contributed by atoms with van der Waals surface area (Å²) in [5.41, 5.74) is 0.913. The van der Waals surface area contributed by atoms with E-state index in [1.54, 1.807) is 6.20 Å². The standard InChI is InChI=1S/C19H27N7O/c1-24(2)13-18-22-23-19(25(18)3)14-7-10-26(11-8-14)12-15-4-5-17(27-15)16-6-9-20-21-16/h4-6,9,14H,7-8,10-13H2,1-3H3,(H,20,21). The smallest absolute Gasteiger partial charge is 0.152 e. The van der Waals surface area contributed by atoms with Gasteiger partial charge >= 0.3 is 0 Å². The molecule has 1 N–H and O–H groups in total. The van der Waals surface area contributed by atoms with Crippen molar-refractivity contribution in [2.75, 3.05) is 27.2 Å². The van der Waals surface area contributed by atoms with E-state index < -0.39 is 0 Å². The molecule has 3 aromatic heterocycles. The molecule has 0 radical (unpaired) electrons. The van der Waals surface area contributed by atoms with Crippen molar-refractivity contribution < 1.29 is 4.42 Å². The van der Waals surface area contributed by atoms with E-state index in [9.17, 15) is 0 Å². The Hall–Kier alpha value is -2.45. The highest BCUT2D eigenvalue weighted by atomic mass is 16.3. The van der Waals surface area contributed by atoms with Gasteiger partial charge in [0.2, 0.25) is 0 Å². The van der Waals surface area contributed by atoms with Crippen molar-refractivity contribution in [3.05, 3.63) is 41.8 Å². The summed E-state index contributed by atoms with van der Waals surface area (Å²) in [4.78, 5) is 4.57. The van der Waals surface area contributed by atoms with Gasteiger partial charge in [0.25, 0.3) is 0 Å². The van der Waals surface area contributed by atoms with Crippen LogP contribution in [0.2, 0.25) is 0 Å². The van der Waals surface area contributed by atoms with Crippen LogP contribution in [-0.2, 0) is 20.1 Å². The Morgan fingerprint density at radius 3 is 2.70 bits per heavy atom. The molecule has 1 saturated heterocycles. The van der Waals surface area contributed by atoms with E-state index in [0.717, 1.165) is 67.9 Å². The highest BCUT2D eigenvalue weighted by Gasteiger charge is 2.25. The van der Waals surface area contributed by atoms with E-state index in [2.05, 4.69) is 62.0 Å². The number of H-pyrrole nitrogens is 1. The van der Waals surface area contributed by atoms with Gasteiger partial charge in [-0.1, -0.05) is 0 Å². The minimum atomic E-state index is 0.479. The molecule has 0 aromatic carbocycles. The van der Waals surface area contributed by atoms with Crippen LogP contribution in [0, 0.1) is 0 Å². The SMILES string of the molecule is CN(C)Cc1nnc(C2CCN(Cc3ccc(-c4ccn[nH]4)o3)CC2)n1C. The Kier molecular flexibility index (Phi) is 5.09. The number of piperidine rings is 1. The lowest BCUT2D eigenvalue weighted by atomic mass is 9.96. The van der Waals surface area contributed by atoms with Gasteiger partial charge in [-0.05, 0) is 58.2 Å². The molecule has 8 nitrogen and oxygen atoms in total. The van der Waals surface area contributed by atoms with Crippen molar-refractivity contribution in [3.63, 3.8) is 0 Å². The molecule has 0 saturated carbocycles. The fourth-order valence-electron chi connectivity index (χ4n) is 3.72. The van der Waals surface area contributed by atoms with Crippen LogP contribution in [0.25, 0.3) is 11.5 Å².